The van der Waals surface area contributed by atoms with Crippen molar-refractivity contribution in [1.82, 2.24) is 0 Å². The summed E-state index contributed by atoms with van der Waals surface area (Å²) in [6, 6.07) is 0. The van der Waals surface area contributed by atoms with E-state index < -0.39 is 19.0 Å². The van der Waals surface area contributed by atoms with Gasteiger partial charge < -0.3 is 0 Å². The molecular weight excluding hydrogens is 193 g/mol. The minimum Gasteiger partial charge on any atom is -0.263 e. The molecule has 0 aliphatic carbocycles. The average Bonchev–Trinajstić information content (AvgIpc) is 2.36. The van der Waals surface area contributed by atoms with E-state index in [-0.39, 0.29) is 0 Å². The lowest BCUT2D eigenvalue weighted by atomic mass is 10.7. The van der Waals surface area contributed by atoms with Crippen LogP contribution in [0.4, 0.5) is 0 Å². The zero-order valence-corrected chi connectivity index (χ0v) is 6.13. The first kappa shape index (κ1) is 7.35. The maximum absolute atomic E-state index is 11.3. The Kier molecular flexibility index (Phi) is 1.43. The van der Waals surface area contributed by atoms with E-state index in [1.54, 1.807) is 0 Å². The summed E-state index contributed by atoms with van der Waals surface area (Å²) in [5, 5.41) is 8.63. The molecule has 1 unspecified atom stereocenters. The first-order valence-electron chi connectivity index (χ1n) is 2.57. The van der Waals surface area contributed by atoms with Crippen LogP contribution in [0.5, 0.6) is 0 Å². The molecule has 0 fully saturated rings. The Morgan fingerprint density at radius 1 is 1.25 bits per heavy atom. The number of amides is 1. The summed E-state index contributed by atoms with van der Waals surface area (Å²) in [6.07, 6.45) is 0. The molecule has 0 N–H and O–H groups in total. The number of oxime groups is 1. The molecular formula is C2N3O6P. The maximum atomic E-state index is 11.3. The van der Waals surface area contributed by atoms with Gasteiger partial charge in [-0.15, -0.1) is 0 Å². The number of hydrogen-bond donors (Lipinski definition) is 0. The monoisotopic (exact) mass is 193 g/mol. The Hall–Kier alpha value is -1.31. The predicted molar refractivity (Wildman–Crippen MR) is 29.2 cm³/mol. The topological polar surface area (TPSA) is 108 Å². The number of carbonyl (C=O) groups excluding carboxylic acids is 1. The van der Waals surface area contributed by atoms with E-state index in [4.69, 9.17) is 0 Å². The van der Waals surface area contributed by atoms with Crippen molar-refractivity contribution in [3.8, 4) is 0 Å². The Labute approximate surface area is 64.3 Å². The van der Waals surface area contributed by atoms with E-state index in [0.29, 0.717) is 0 Å². The fourth-order valence-electron chi connectivity index (χ4n) is 0.542. The van der Waals surface area contributed by atoms with Crippen molar-refractivity contribution in [2.24, 2.45) is 15.5 Å². The van der Waals surface area contributed by atoms with Crippen LogP contribution in [0.25, 0.3) is 0 Å². The first-order chi connectivity index (χ1) is 5.72. The van der Waals surface area contributed by atoms with Gasteiger partial charge >= 0.3 is 13.5 Å². The minimum atomic E-state index is -3.91. The summed E-state index contributed by atoms with van der Waals surface area (Å²) in [7, 11) is -3.91. The molecule has 2 rings (SSSR count). The number of nitrogens with zero attached hydrogens (tertiary/aromatic N) is 3. The van der Waals surface area contributed by atoms with Gasteiger partial charge in [0.25, 0.3) is 5.45 Å². The Bertz CT molecular complexity index is 334. The Morgan fingerprint density at radius 2 is 2.00 bits per heavy atom. The highest BCUT2D eigenvalue weighted by atomic mass is 31.2. The summed E-state index contributed by atoms with van der Waals surface area (Å²) < 4.78 is 19.4. The van der Waals surface area contributed by atoms with Crippen molar-refractivity contribution in [1.29, 1.82) is 0 Å². The quantitative estimate of drug-likeness (QED) is 0.404. The standard InChI is InChI=1S/C2N3O6P/c6-1-2-4-8-10-12(2,7)11-9-5-3-1. The Balaban J connectivity index is 2.45. The van der Waals surface area contributed by atoms with Crippen LogP contribution >= 0.6 is 7.60 Å². The number of hydrogen-bond acceptors (Lipinski definition) is 8. The highest BCUT2D eigenvalue weighted by Crippen LogP contribution is 2.54. The van der Waals surface area contributed by atoms with Crippen LogP contribution in [-0.2, 0) is 28.7 Å². The zero-order chi connectivity index (χ0) is 8.60. The third-order valence-electron chi connectivity index (χ3n) is 1.00. The first-order valence-corrected chi connectivity index (χ1v) is 4.11. The summed E-state index contributed by atoms with van der Waals surface area (Å²) in [5.74, 6) is -0.992. The van der Waals surface area contributed by atoms with Gasteiger partial charge in [0.15, 0.2) is 0 Å². The molecule has 0 aromatic heterocycles. The largest absolute Gasteiger partial charge is 0.466 e. The summed E-state index contributed by atoms with van der Waals surface area (Å²) in [4.78, 5) is 18.6. The predicted octanol–water partition coefficient (Wildman–Crippen LogP) is 0.310. The van der Waals surface area contributed by atoms with Crippen LogP contribution < -0.4 is 0 Å². The molecule has 0 aromatic carbocycles. The number of fused-ring (bicyclic) bond motifs is 1. The molecule has 0 aromatic rings. The van der Waals surface area contributed by atoms with Crippen molar-refractivity contribution in [3.05, 3.63) is 0 Å². The third kappa shape index (κ3) is 0.916. The van der Waals surface area contributed by atoms with Crippen LogP contribution in [0.2, 0.25) is 0 Å². The lowest BCUT2D eigenvalue weighted by Gasteiger charge is -1.99. The van der Waals surface area contributed by atoms with E-state index >= 15 is 0 Å². The van der Waals surface area contributed by atoms with E-state index in [0.717, 1.165) is 0 Å². The Morgan fingerprint density at radius 3 is 2.83 bits per heavy atom. The smallest absolute Gasteiger partial charge is 0.263 e. The molecule has 0 spiro atoms. The molecule has 64 valence electrons. The van der Waals surface area contributed by atoms with Crippen molar-refractivity contribution in [3.63, 3.8) is 0 Å². The SMILES string of the molecule is O=C1N=NOOP2(=O)OON=C12. The molecule has 2 aliphatic rings. The van der Waals surface area contributed by atoms with Crippen LogP contribution in [0.1, 0.15) is 0 Å². The van der Waals surface area contributed by atoms with Gasteiger partial charge in [-0.05, 0) is 5.16 Å². The molecule has 2 heterocycles. The van der Waals surface area contributed by atoms with Crippen LogP contribution in [-0.4, -0.2) is 11.4 Å². The van der Waals surface area contributed by atoms with Crippen LogP contribution in [0.3, 0.4) is 0 Å². The normalized spacial score (nSPS) is 33.0. The molecule has 0 saturated heterocycles. The summed E-state index contributed by atoms with van der Waals surface area (Å²) in [6.45, 7) is 0. The van der Waals surface area contributed by atoms with E-state index in [1.165, 1.54) is 0 Å². The molecule has 9 nitrogen and oxygen atoms in total. The molecule has 0 saturated carbocycles. The van der Waals surface area contributed by atoms with Crippen molar-refractivity contribution in [2.75, 3.05) is 0 Å². The minimum absolute atomic E-state index is 0.594. The second-order valence-corrected chi connectivity index (χ2v) is 3.41. The van der Waals surface area contributed by atoms with Gasteiger partial charge in [0.1, 0.15) is 0 Å². The van der Waals surface area contributed by atoms with Crippen LogP contribution in [0.15, 0.2) is 15.5 Å². The average molecular weight is 193 g/mol. The van der Waals surface area contributed by atoms with Crippen molar-refractivity contribution < 1.29 is 28.7 Å². The maximum Gasteiger partial charge on any atom is 0.466 e. The van der Waals surface area contributed by atoms with Gasteiger partial charge in [-0.25, -0.2) is 9.55 Å². The van der Waals surface area contributed by atoms with Gasteiger partial charge in [0, 0.05) is 0 Å². The van der Waals surface area contributed by atoms with Crippen molar-refractivity contribution in [2.45, 2.75) is 0 Å². The molecule has 12 heavy (non-hydrogen) atoms. The van der Waals surface area contributed by atoms with E-state index in [1.807, 2.05) is 0 Å². The van der Waals surface area contributed by atoms with E-state index in [9.17, 15) is 9.36 Å². The van der Waals surface area contributed by atoms with Gasteiger partial charge in [0.05, 0.1) is 5.28 Å². The van der Waals surface area contributed by atoms with E-state index in [2.05, 4.69) is 34.9 Å². The fourth-order valence-corrected chi connectivity index (χ4v) is 1.36. The summed E-state index contributed by atoms with van der Waals surface area (Å²) >= 11 is 0. The summed E-state index contributed by atoms with van der Waals surface area (Å²) in [5.41, 5.74) is -0.594. The zero-order valence-electron chi connectivity index (χ0n) is 5.24. The lowest BCUT2D eigenvalue weighted by molar-refractivity contribution is -0.260. The fraction of sp³-hybridized carbons (Fsp3) is 0. The highest BCUT2D eigenvalue weighted by Gasteiger charge is 2.49. The van der Waals surface area contributed by atoms with Gasteiger partial charge in [-0.1, -0.05) is 14.5 Å². The van der Waals surface area contributed by atoms with Crippen molar-refractivity contribution >= 4 is 19.0 Å². The van der Waals surface area contributed by atoms with Gasteiger partial charge in [0.2, 0.25) is 0 Å². The van der Waals surface area contributed by atoms with Gasteiger partial charge in [-0.3, -0.25) is 4.79 Å². The molecule has 10 heteroatoms. The lowest BCUT2D eigenvalue weighted by Crippen LogP contribution is -2.07. The second kappa shape index (κ2) is 2.34. The molecule has 1 atom stereocenters. The molecule has 2 aliphatic heterocycles. The van der Waals surface area contributed by atoms with Gasteiger partial charge in [-0.2, -0.15) is 4.99 Å². The highest BCUT2D eigenvalue weighted by molar-refractivity contribution is 7.75. The molecule has 0 radical (unpaired) electrons. The number of rotatable bonds is 0. The molecule has 0 bridgehead atoms. The third-order valence-corrected chi connectivity index (χ3v) is 2.32. The molecule has 1 amide bonds. The number of carbonyl (C=O) groups is 1. The van der Waals surface area contributed by atoms with Crippen LogP contribution in [0, 0.1) is 0 Å². The second-order valence-electron chi connectivity index (χ2n) is 1.70.